The van der Waals surface area contributed by atoms with E-state index in [1.807, 2.05) is 12.1 Å². The molecule has 1 unspecified atom stereocenters. The van der Waals surface area contributed by atoms with Crippen LogP contribution in [0.3, 0.4) is 0 Å². The SMILES string of the molecule is N#CCNC(=O)[C@H]1CC(CC2CCCCC2)C[C@H](S(=O)(=O)c2ccccc2)C1. The molecule has 5 nitrogen and oxygen atoms in total. The fourth-order valence-corrected chi connectivity index (χ4v) is 6.94. The minimum Gasteiger partial charge on any atom is -0.343 e. The summed E-state index contributed by atoms with van der Waals surface area (Å²) in [5, 5.41) is 10.9. The summed E-state index contributed by atoms with van der Waals surface area (Å²) in [5.41, 5.74) is 0. The van der Waals surface area contributed by atoms with Crippen LogP contribution in [0.4, 0.5) is 0 Å². The van der Waals surface area contributed by atoms with Crippen molar-refractivity contribution in [2.75, 3.05) is 6.54 Å². The molecule has 0 aromatic heterocycles. The predicted molar refractivity (Wildman–Crippen MR) is 108 cm³/mol. The van der Waals surface area contributed by atoms with Crippen molar-refractivity contribution in [2.24, 2.45) is 17.8 Å². The average molecular weight is 403 g/mol. The second-order valence-corrected chi connectivity index (χ2v) is 10.6. The number of benzene rings is 1. The maximum absolute atomic E-state index is 13.2. The molecule has 2 aliphatic rings. The molecule has 0 radical (unpaired) electrons. The van der Waals surface area contributed by atoms with Crippen LogP contribution in [-0.4, -0.2) is 26.1 Å². The Labute approximate surface area is 168 Å². The molecule has 1 amide bonds. The standard InChI is InChI=1S/C22H30N2O3S/c23-11-12-24-22(25)19-14-18(13-17-7-3-1-4-8-17)15-21(16-19)28(26,27)20-9-5-2-6-10-20/h2,5-6,9-10,17-19,21H,1,3-4,7-8,12-16H2,(H,24,25)/t18?,19-,21-/m0/s1. The summed E-state index contributed by atoms with van der Waals surface area (Å²) in [6.45, 7) is -0.0290. The Morgan fingerprint density at radius 1 is 1.04 bits per heavy atom. The van der Waals surface area contributed by atoms with Crippen LogP contribution in [0.15, 0.2) is 35.2 Å². The van der Waals surface area contributed by atoms with Gasteiger partial charge in [-0.05, 0) is 49.7 Å². The maximum Gasteiger partial charge on any atom is 0.223 e. The van der Waals surface area contributed by atoms with Crippen molar-refractivity contribution in [1.29, 1.82) is 5.26 Å². The van der Waals surface area contributed by atoms with E-state index in [0.29, 0.717) is 23.7 Å². The molecule has 6 heteroatoms. The van der Waals surface area contributed by atoms with Gasteiger partial charge in [0.15, 0.2) is 9.84 Å². The largest absolute Gasteiger partial charge is 0.343 e. The Kier molecular flexibility index (Phi) is 7.12. The molecule has 28 heavy (non-hydrogen) atoms. The number of nitrogens with zero attached hydrogens (tertiary/aromatic N) is 1. The Hall–Kier alpha value is -1.87. The maximum atomic E-state index is 13.2. The Bertz CT molecular complexity index is 795. The number of nitrogens with one attached hydrogen (secondary N) is 1. The van der Waals surface area contributed by atoms with Crippen LogP contribution in [0.5, 0.6) is 0 Å². The van der Waals surface area contributed by atoms with Gasteiger partial charge in [-0.15, -0.1) is 0 Å². The molecule has 1 N–H and O–H groups in total. The summed E-state index contributed by atoms with van der Waals surface area (Å²) in [6, 6.07) is 10.5. The highest BCUT2D eigenvalue weighted by molar-refractivity contribution is 7.92. The van der Waals surface area contributed by atoms with Crippen LogP contribution in [0.25, 0.3) is 0 Å². The number of amides is 1. The zero-order valence-electron chi connectivity index (χ0n) is 16.3. The minimum atomic E-state index is -3.47. The van der Waals surface area contributed by atoms with Crippen molar-refractivity contribution in [3.05, 3.63) is 30.3 Å². The quantitative estimate of drug-likeness (QED) is 0.732. The lowest BCUT2D eigenvalue weighted by Gasteiger charge is -2.36. The fourth-order valence-electron chi connectivity index (χ4n) is 5.01. The average Bonchev–Trinajstić information content (AvgIpc) is 2.73. The van der Waals surface area contributed by atoms with Crippen molar-refractivity contribution in [1.82, 2.24) is 5.32 Å². The third kappa shape index (κ3) is 5.14. The van der Waals surface area contributed by atoms with Crippen LogP contribution in [-0.2, 0) is 14.6 Å². The zero-order valence-corrected chi connectivity index (χ0v) is 17.2. The van der Waals surface area contributed by atoms with Gasteiger partial charge in [-0.3, -0.25) is 4.79 Å². The third-order valence-corrected chi connectivity index (χ3v) is 8.57. The van der Waals surface area contributed by atoms with E-state index in [2.05, 4.69) is 5.32 Å². The van der Waals surface area contributed by atoms with Crippen LogP contribution >= 0.6 is 0 Å². The molecule has 2 fully saturated rings. The van der Waals surface area contributed by atoms with E-state index < -0.39 is 15.1 Å². The van der Waals surface area contributed by atoms with Gasteiger partial charge >= 0.3 is 0 Å². The van der Waals surface area contributed by atoms with Gasteiger partial charge in [-0.1, -0.05) is 50.3 Å². The topological polar surface area (TPSA) is 87.0 Å². The number of hydrogen-bond donors (Lipinski definition) is 1. The lowest BCUT2D eigenvalue weighted by atomic mass is 9.74. The van der Waals surface area contributed by atoms with Gasteiger partial charge in [-0.25, -0.2) is 8.42 Å². The molecule has 152 valence electrons. The fraction of sp³-hybridized carbons (Fsp3) is 0.636. The van der Waals surface area contributed by atoms with Gasteiger partial charge in [0, 0.05) is 5.92 Å². The Balaban J connectivity index is 1.78. The van der Waals surface area contributed by atoms with Gasteiger partial charge in [-0.2, -0.15) is 5.26 Å². The molecule has 1 aromatic carbocycles. The monoisotopic (exact) mass is 402 g/mol. The lowest BCUT2D eigenvalue weighted by Crippen LogP contribution is -2.41. The third-order valence-electron chi connectivity index (χ3n) is 6.38. The first-order chi connectivity index (χ1) is 13.5. The van der Waals surface area contributed by atoms with Gasteiger partial charge < -0.3 is 5.32 Å². The van der Waals surface area contributed by atoms with Crippen LogP contribution in [0.1, 0.15) is 57.8 Å². The first-order valence-corrected chi connectivity index (χ1v) is 12.0. The number of sulfone groups is 1. The second-order valence-electron chi connectivity index (χ2n) is 8.37. The highest BCUT2D eigenvalue weighted by atomic mass is 32.2. The number of hydrogen-bond acceptors (Lipinski definition) is 4. The number of carbonyl (C=O) groups excluding carboxylic acids is 1. The molecular weight excluding hydrogens is 372 g/mol. The Morgan fingerprint density at radius 3 is 2.43 bits per heavy atom. The first-order valence-electron chi connectivity index (χ1n) is 10.4. The molecule has 2 saturated carbocycles. The minimum absolute atomic E-state index is 0.0290. The van der Waals surface area contributed by atoms with Gasteiger partial charge in [0.05, 0.1) is 16.2 Å². The van der Waals surface area contributed by atoms with E-state index in [-0.39, 0.29) is 24.3 Å². The summed E-state index contributed by atoms with van der Waals surface area (Å²) in [5.74, 6) is 0.389. The van der Waals surface area contributed by atoms with Gasteiger partial charge in [0.1, 0.15) is 6.54 Å². The number of rotatable bonds is 6. The summed E-state index contributed by atoms with van der Waals surface area (Å²) in [6.07, 6.45) is 8.98. The van der Waals surface area contributed by atoms with Crippen molar-refractivity contribution >= 4 is 15.7 Å². The van der Waals surface area contributed by atoms with Crippen molar-refractivity contribution in [3.8, 4) is 6.07 Å². The molecule has 0 saturated heterocycles. The van der Waals surface area contributed by atoms with Crippen LogP contribution < -0.4 is 5.32 Å². The molecule has 0 heterocycles. The molecule has 3 atom stereocenters. The van der Waals surface area contributed by atoms with E-state index in [1.54, 1.807) is 24.3 Å². The van der Waals surface area contributed by atoms with Crippen molar-refractivity contribution in [3.63, 3.8) is 0 Å². The molecular formula is C22H30N2O3S. The number of nitriles is 1. The summed E-state index contributed by atoms with van der Waals surface area (Å²) in [4.78, 5) is 12.9. The molecule has 0 aliphatic heterocycles. The molecule has 0 spiro atoms. The Morgan fingerprint density at radius 2 is 1.75 bits per heavy atom. The molecule has 3 rings (SSSR count). The number of carbonyl (C=O) groups is 1. The zero-order chi connectivity index (χ0) is 20.0. The highest BCUT2D eigenvalue weighted by Gasteiger charge is 2.40. The molecule has 0 bridgehead atoms. The smallest absolute Gasteiger partial charge is 0.223 e. The van der Waals surface area contributed by atoms with Gasteiger partial charge in [0.2, 0.25) is 5.91 Å². The first kappa shape index (κ1) is 20.9. The van der Waals surface area contributed by atoms with Crippen molar-refractivity contribution < 1.29 is 13.2 Å². The van der Waals surface area contributed by atoms with E-state index in [9.17, 15) is 13.2 Å². The van der Waals surface area contributed by atoms with E-state index in [1.165, 1.54) is 32.1 Å². The normalized spacial score (nSPS) is 26.3. The lowest BCUT2D eigenvalue weighted by molar-refractivity contribution is -0.126. The van der Waals surface area contributed by atoms with E-state index >= 15 is 0 Å². The summed E-state index contributed by atoms with van der Waals surface area (Å²) >= 11 is 0. The van der Waals surface area contributed by atoms with Crippen molar-refractivity contribution in [2.45, 2.75) is 67.9 Å². The molecule has 1 aromatic rings. The second kappa shape index (κ2) is 9.56. The van der Waals surface area contributed by atoms with Crippen LogP contribution in [0.2, 0.25) is 0 Å². The van der Waals surface area contributed by atoms with E-state index in [0.717, 1.165) is 12.8 Å². The van der Waals surface area contributed by atoms with Crippen LogP contribution in [0, 0.1) is 29.1 Å². The van der Waals surface area contributed by atoms with E-state index in [4.69, 9.17) is 5.26 Å². The predicted octanol–water partition coefficient (Wildman–Crippen LogP) is 3.86. The highest BCUT2D eigenvalue weighted by Crippen LogP contribution is 2.40. The summed E-state index contributed by atoms with van der Waals surface area (Å²) < 4.78 is 26.4. The molecule has 2 aliphatic carbocycles. The summed E-state index contributed by atoms with van der Waals surface area (Å²) in [7, 11) is -3.47. The van der Waals surface area contributed by atoms with Gasteiger partial charge in [0.25, 0.3) is 0 Å².